The summed E-state index contributed by atoms with van der Waals surface area (Å²) in [5.74, 6) is 0.140. The lowest BCUT2D eigenvalue weighted by molar-refractivity contribution is -0.128. The number of carbonyl (C=O) groups excluding carboxylic acids is 1. The molecule has 4 heteroatoms. The zero-order valence-electron chi connectivity index (χ0n) is 11.6. The van der Waals surface area contributed by atoms with Crippen LogP contribution in [0.4, 0.5) is 5.69 Å². The highest BCUT2D eigenvalue weighted by Gasteiger charge is 2.39. The maximum absolute atomic E-state index is 12.8. The van der Waals surface area contributed by atoms with Crippen LogP contribution in [0.2, 0.25) is 5.02 Å². The first-order valence-electron chi connectivity index (χ1n) is 6.88. The second-order valence-corrected chi connectivity index (χ2v) is 5.61. The number of amides is 1. The van der Waals surface area contributed by atoms with Crippen LogP contribution in [0.5, 0.6) is 0 Å². The van der Waals surface area contributed by atoms with Gasteiger partial charge in [-0.3, -0.25) is 4.79 Å². The largest absolute Gasteiger partial charge is 0.329 e. The van der Waals surface area contributed by atoms with Gasteiger partial charge in [0.2, 0.25) is 5.91 Å². The van der Waals surface area contributed by atoms with Crippen molar-refractivity contribution in [1.82, 2.24) is 0 Å². The minimum absolute atomic E-state index is 0.140. The summed E-state index contributed by atoms with van der Waals surface area (Å²) >= 11 is 6.05. The van der Waals surface area contributed by atoms with Crippen LogP contribution in [0.3, 0.4) is 0 Å². The predicted molar refractivity (Wildman–Crippen MR) is 79.6 cm³/mol. The van der Waals surface area contributed by atoms with Crippen LogP contribution in [-0.2, 0) is 11.2 Å². The minimum Gasteiger partial charge on any atom is -0.329 e. The fourth-order valence-electron chi connectivity index (χ4n) is 2.78. The molecular formula is C15H21ClN2O. The molecule has 0 aromatic heterocycles. The number of halogens is 1. The third kappa shape index (κ3) is 2.37. The van der Waals surface area contributed by atoms with Crippen LogP contribution in [0.25, 0.3) is 0 Å². The number of nitrogens with zero attached hydrogens (tertiary/aromatic N) is 1. The number of carbonyl (C=O) groups is 1. The standard InChI is InChI=1S/C15H21ClN2O/c1-3-15(4-2,10-17)14(19)18-8-7-11-5-6-12(16)9-13(11)18/h5-6,9H,3-4,7-8,10,17H2,1-2H3. The van der Waals surface area contributed by atoms with E-state index in [1.165, 1.54) is 5.56 Å². The first-order valence-corrected chi connectivity index (χ1v) is 7.26. The quantitative estimate of drug-likeness (QED) is 0.922. The normalized spacial score (nSPS) is 14.6. The Hall–Kier alpha value is -1.06. The van der Waals surface area contributed by atoms with E-state index in [0.29, 0.717) is 11.6 Å². The third-order valence-electron chi connectivity index (χ3n) is 4.39. The van der Waals surface area contributed by atoms with Crippen molar-refractivity contribution < 1.29 is 4.79 Å². The summed E-state index contributed by atoms with van der Waals surface area (Å²) in [4.78, 5) is 14.7. The van der Waals surface area contributed by atoms with E-state index in [1.54, 1.807) is 0 Å². The molecule has 1 aromatic carbocycles. The molecule has 2 rings (SSSR count). The van der Waals surface area contributed by atoms with Gasteiger partial charge in [0.15, 0.2) is 0 Å². The van der Waals surface area contributed by atoms with E-state index >= 15 is 0 Å². The Bertz CT molecular complexity index is 475. The Kier molecular flexibility index (Phi) is 4.16. The van der Waals surface area contributed by atoms with E-state index < -0.39 is 5.41 Å². The molecule has 0 saturated carbocycles. The van der Waals surface area contributed by atoms with Gasteiger partial charge in [-0.05, 0) is 37.0 Å². The topological polar surface area (TPSA) is 46.3 Å². The lowest BCUT2D eigenvalue weighted by Gasteiger charge is -2.33. The van der Waals surface area contributed by atoms with E-state index in [0.717, 1.165) is 31.5 Å². The van der Waals surface area contributed by atoms with Gasteiger partial charge in [-0.25, -0.2) is 0 Å². The molecule has 1 amide bonds. The average molecular weight is 281 g/mol. The molecule has 1 heterocycles. The van der Waals surface area contributed by atoms with Gasteiger partial charge in [0.1, 0.15) is 0 Å². The molecule has 2 N–H and O–H groups in total. The molecule has 0 unspecified atom stereocenters. The number of rotatable bonds is 4. The zero-order valence-corrected chi connectivity index (χ0v) is 12.3. The zero-order chi connectivity index (χ0) is 14.0. The van der Waals surface area contributed by atoms with Gasteiger partial charge in [0, 0.05) is 23.8 Å². The number of benzene rings is 1. The van der Waals surface area contributed by atoms with Crippen LogP contribution in [0.15, 0.2) is 18.2 Å². The van der Waals surface area contributed by atoms with Gasteiger partial charge in [0.25, 0.3) is 0 Å². The second-order valence-electron chi connectivity index (χ2n) is 5.17. The maximum Gasteiger partial charge on any atom is 0.234 e. The SMILES string of the molecule is CCC(CC)(CN)C(=O)N1CCc2ccc(Cl)cc21. The van der Waals surface area contributed by atoms with Gasteiger partial charge in [-0.2, -0.15) is 0 Å². The number of hydrogen-bond acceptors (Lipinski definition) is 2. The lowest BCUT2D eigenvalue weighted by Crippen LogP contribution is -2.47. The number of nitrogens with two attached hydrogens (primary N) is 1. The summed E-state index contributed by atoms with van der Waals surface area (Å²) in [6, 6.07) is 5.77. The Balaban J connectivity index is 2.35. The molecule has 19 heavy (non-hydrogen) atoms. The second kappa shape index (κ2) is 5.51. The van der Waals surface area contributed by atoms with E-state index in [9.17, 15) is 4.79 Å². The summed E-state index contributed by atoms with van der Waals surface area (Å²) < 4.78 is 0. The van der Waals surface area contributed by atoms with Crippen molar-refractivity contribution in [3.8, 4) is 0 Å². The molecule has 0 saturated heterocycles. The average Bonchev–Trinajstić information content (AvgIpc) is 2.84. The van der Waals surface area contributed by atoms with E-state index in [-0.39, 0.29) is 5.91 Å². The summed E-state index contributed by atoms with van der Waals surface area (Å²) in [6.45, 7) is 5.19. The van der Waals surface area contributed by atoms with Gasteiger partial charge >= 0.3 is 0 Å². The molecule has 1 aliphatic rings. The Morgan fingerprint density at radius 3 is 2.68 bits per heavy atom. The predicted octanol–water partition coefficient (Wildman–Crippen LogP) is 2.99. The summed E-state index contributed by atoms with van der Waals surface area (Å²) in [6.07, 6.45) is 2.43. The molecule has 1 aliphatic heterocycles. The van der Waals surface area contributed by atoms with Gasteiger partial charge in [-0.15, -0.1) is 0 Å². The van der Waals surface area contributed by atoms with Crippen molar-refractivity contribution in [1.29, 1.82) is 0 Å². The van der Waals surface area contributed by atoms with Crippen molar-refractivity contribution in [3.05, 3.63) is 28.8 Å². The van der Waals surface area contributed by atoms with E-state index in [4.69, 9.17) is 17.3 Å². The number of fused-ring (bicyclic) bond motifs is 1. The summed E-state index contributed by atoms with van der Waals surface area (Å²) in [5.41, 5.74) is 7.58. The first kappa shape index (κ1) is 14.4. The molecule has 0 fully saturated rings. The molecule has 1 aromatic rings. The minimum atomic E-state index is -0.441. The Labute approximate surface area is 119 Å². The van der Waals surface area contributed by atoms with Crippen LogP contribution in [-0.4, -0.2) is 19.0 Å². The fraction of sp³-hybridized carbons (Fsp3) is 0.533. The molecule has 0 atom stereocenters. The van der Waals surface area contributed by atoms with Gasteiger partial charge in [0.05, 0.1) is 5.41 Å². The summed E-state index contributed by atoms with van der Waals surface area (Å²) in [5, 5.41) is 0.671. The van der Waals surface area contributed by atoms with Gasteiger partial charge < -0.3 is 10.6 Å². The highest BCUT2D eigenvalue weighted by molar-refractivity contribution is 6.31. The third-order valence-corrected chi connectivity index (χ3v) is 4.62. The Morgan fingerprint density at radius 1 is 1.42 bits per heavy atom. The highest BCUT2D eigenvalue weighted by Crippen LogP contribution is 2.36. The number of hydrogen-bond donors (Lipinski definition) is 1. The lowest BCUT2D eigenvalue weighted by atomic mass is 9.81. The molecule has 3 nitrogen and oxygen atoms in total. The number of anilines is 1. The molecule has 0 spiro atoms. The van der Waals surface area contributed by atoms with Crippen molar-refractivity contribution in [2.75, 3.05) is 18.0 Å². The Morgan fingerprint density at radius 2 is 2.11 bits per heavy atom. The maximum atomic E-state index is 12.8. The van der Waals surface area contributed by atoms with Crippen molar-refractivity contribution in [3.63, 3.8) is 0 Å². The van der Waals surface area contributed by atoms with Crippen LogP contribution in [0, 0.1) is 5.41 Å². The van der Waals surface area contributed by atoms with Gasteiger partial charge in [-0.1, -0.05) is 31.5 Å². The molecule has 0 radical (unpaired) electrons. The molecular weight excluding hydrogens is 260 g/mol. The first-order chi connectivity index (χ1) is 9.07. The van der Waals surface area contributed by atoms with E-state index in [2.05, 4.69) is 0 Å². The van der Waals surface area contributed by atoms with Crippen LogP contribution in [0.1, 0.15) is 32.3 Å². The molecule has 104 valence electrons. The summed E-state index contributed by atoms with van der Waals surface area (Å²) in [7, 11) is 0. The highest BCUT2D eigenvalue weighted by atomic mass is 35.5. The van der Waals surface area contributed by atoms with Crippen LogP contribution < -0.4 is 10.6 Å². The monoisotopic (exact) mass is 280 g/mol. The molecule has 0 aliphatic carbocycles. The fourth-order valence-corrected chi connectivity index (χ4v) is 2.94. The smallest absolute Gasteiger partial charge is 0.234 e. The molecule has 0 bridgehead atoms. The van der Waals surface area contributed by atoms with Crippen molar-refractivity contribution >= 4 is 23.2 Å². The van der Waals surface area contributed by atoms with Crippen molar-refractivity contribution in [2.24, 2.45) is 11.1 Å². The van der Waals surface area contributed by atoms with Crippen LogP contribution >= 0.6 is 11.6 Å². The van der Waals surface area contributed by atoms with E-state index in [1.807, 2.05) is 36.9 Å². The van der Waals surface area contributed by atoms with Crippen molar-refractivity contribution in [2.45, 2.75) is 33.1 Å².